The van der Waals surface area contributed by atoms with E-state index in [1.54, 1.807) is 0 Å². The summed E-state index contributed by atoms with van der Waals surface area (Å²) in [6, 6.07) is 12.6. The molecule has 1 aromatic carbocycles. The first kappa shape index (κ1) is 11.7. The van der Waals surface area contributed by atoms with Crippen LogP contribution in [-0.2, 0) is 6.54 Å². The molecule has 1 atom stereocenters. The van der Waals surface area contributed by atoms with Crippen LogP contribution in [0.5, 0.6) is 0 Å². The maximum Gasteiger partial charge on any atom is 0.0669 e. The third kappa shape index (κ3) is 4.62. The van der Waals surface area contributed by atoms with E-state index in [1.165, 1.54) is 5.56 Å². The summed E-state index contributed by atoms with van der Waals surface area (Å²) in [5.74, 6) is 0.152. The summed E-state index contributed by atoms with van der Waals surface area (Å²) in [5.41, 5.74) is 1.27. The van der Waals surface area contributed by atoms with E-state index < -0.39 is 0 Å². The van der Waals surface area contributed by atoms with Crippen molar-refractivity contribution in [3.05, 3.63) is 35.9 Å². The van der Waals surface area contributed by atoms with Gasteiger partial charge >= 0.3 is 0 Å². The average molecular weight is 202 g/mol. The van der Waals surface area contributed by atoms with Gasteiger partial charge in [0.25, 0.3) is 0 Å². The van der Waals surface area contributed by atoms with Gasteiger partial charge in [0.15, 0.2) is 0 Å². The number of hydrogen-bond acceptors (Lipinski definition) is 2. The predicted molar refractivity (Wildman–Crippen MR) is 62.2 cm³/mol. The third-order valence-electron chi connectivity index (χ3n) is 2.38. The highest BCUT2D eigenvalue weighted by molar-refractivity contribution is 5.14. The minimum Gasteiger partial charge on any atom is -0.311 e. The molecule has 1 rings (SSSR count). The van der Waals surface area contributed by atoms with Crippen molar-refractivity contribution in [2.75, 3.05) is 6.54 Å². The van der Waals surface area contributed by atoms with Gasteiger partial charge in [0.1, 0.15) is 0 Å². The summed E-state index contributed by atoms with van der Waals surface area (Å²) < 4.78 is 0. The second-order valence-corrected chi connectivity index (χ2v) is 3.73. The summed E-state index contributed by atoms with van der Waals surface area (Å²) in [7, 11) is 0. The van der Waals surface area contributed by atoms with Crippen molar-refractivity contribution >= 4 is 0 Å². The van der Waals surface area contributed by atoms with Crippen LogP contribution in [0.3, 0.4) is 0 Å². The minimum atomic E-state index is 0.152. The highest BCUT2D eigenvalue weighted by Gasteiger charge is 2.04. The van der Waals surface area contributed by atoms with Crippen molar-refractivity contribution in [1.82, 2.24) is 5.32 Å². The number of nitriles is 1. The van der Waals surface area contributed by atoms with Gasteiger partial charge in [-0.1, -0.05) is 43.7 Å². The van der Waals surface area contributed by atoms with Gasteiger partial charge < -0.3 is 5.32 Å². The van der Waals surface area contributed by atoms with Gasteiger partial charge in [-0.25, -0.2) is 0 Å². The SMILES string of the molecule is CCCC(C#N)CNCc1ccccc1. The molecule has 0 aliphatic rings. The van der Waals surface area contributed by atoms with Crippen LogP contribution in [-0.4, -0.2) is 6.54 Å². The second-order valence-electron chi connectivity index (χ2n) is 3.73. The zero-order valence-corrected chi connectivity index (χ0v) is 9.24. The van der Waals surface area contributed by atoms with Crippen LogP contribution in [0, 0.1) is 17.2 Å². The molecule has 0 radical (unpaired) electrons. The highest BCUT2D eigenvalue weighted by Crippen LogP contribution is 2.04. The van der Waals surface area contributed by atoms with Gasteiger partial charge in [0.05, 0.1) is 12.0 Å². The number of hydrogen-bond donors (Lipinski definition) is 1. The molecular formula is C13H18N2. The van der Waals surface area contributed by atoms with E-state index in [9.17, 15) is 0 Å². The maximum atomic E-state index is 8.86. The Morgan fingerprint density at radius 2 is 2.07 bits per heavy atom. The lowest BCUT2D eigenvalue weighted by atomic mass is 10.1. The second kappa shape index (κ2) is 7.03. The van der Waals surface area contributed by atoms with Gasteiger partial charge in [-0.15, -0.1) is 0 Å². The summed E-state index contributed by atoms with van der Waals surface area (Å²) in [5, 5.41) is 12.2. The van der Waals surface area contributed by atoms with Crippen LogP contribution in [0.25, 0.3) is 0 Å². The van der Waals surface area contributed by atoms with Gasteiger partial charge in [0.2, 0.25) is 0 Å². The van der Waals surface area contributed by atoms with Gasteiger partial charge in [-0.05, 0) is 12.0 Å². The lowest BCUT2D eigenvalue weighted by Gasteiger charge is -2.09. The molecule has 0 aliphatic carbocycles. The number of rotatable bonds is 6. The Labute approximate surface area is 91.9 Å². The van der Waals surface area contributed by atoms with Crippen molar-refractivity contribution in [2.45, 2.75) is 26.3 Å². The van der Waals surface area contributed by atoms with E-state index in [0.29, 0.717) is 0 Å². The van der Waals surface area contributed by atoms with Crippen LogP contribution >= 0.6 is 0 Å². The van der Waals surface area contributed by atoms with Crippen LogP contribution in [0.15, 0.2) is 30.3 Å². The summed E-state index contributed by atoms with van der Waals surface area (Å²) in [6.45, 7) is 3.75. The Morgan fingerprint density at radius 3 is 2.67 bits per heavy atom. The highest BCUT2D eigenvalue weighted by atomic mass is 14.9. The topological polar surface area (TPSA) is 35.8 Å². The Morgan fingerprint density at radius 1 is 1.33 bits per heavy atom. The smallest absolute Gasteiger partial charge is 0.0669 e. The largest absolute Gasteiger partial charge is 0.311 e. The molecule has 0 heterocycles. The van der Waals surface area contributed by atoms with Gasteiger partial charge in [0, 0.05) is 13.1 Å². The van der Waals surface area contributed by atoms with E-state index >= 15 is 0 Å². The van der Waals surface area contributed by atoms with Crippen molar-refractivity contribution in [3.8, 4) is 6.07 Å². The fourth-order valence-electron chi connectivity index (χ4n) is 1.55. The standard InChI is InChI=1S/C13H18N2/c1-2-6-13(9-14)11-15-10-12-7-4-3-5-8-12/h3-5,7-8,13,15H,2,6,10-11H2,1H3. The van der Waals surface area contributed by atoms with Crippen LogP contribution in [0.1, 0.15) is 25.3 Å². The Kier molecular flexibility index (Phi) is 5.50. The number of nitrogens with zero attached hydrogens (tertiary/aromatic N) is 1. The molecule has 80 valence electrons. The normalized spacial score (nSPS) is 12.0. The molecule has 1 unspecified atom stereocenters. The van der Waals surface area contributed by atoms with Crippen LogP contribution in [0.4, 0.5) is 0 Å². The first-order valence-electron chi connectivity index (χ1n) is 5.51. The average Bonchev–Trinajstić information content (AvgIpc) is 2.29. The van der Waals surface area contributed by atoms with E-state index in [0.717, 1.165) is 25.9 Å². The molecular weight excluding hydrogens is 184 g/mol. The fourth-order valence-corrected chi connectivity index (χ4v) is 1.55. The van der Waals surface area contributed by atoms with E-state index in [-0.39, 0.29) is 5.92 Å². The zero-order chi connectivity index (χ0) is 10.9. The maximum absolute atomic E-state index is 8.86. The number of nitrogens with one attached hydrogen (secondary N) is 1. The Bertz CT molecular complexity index is 300. The summed E-state index contributed by atoms with van der Waals surface area (Å²) in [6.07, 6.45) is 2.06. The molecule has 0 amide bonds. The molecule has 0 spiro atoms. The molecule has 2 nitrogen and oxygen atoms in total. The van der Waals surface area contributed by atoms with Crippen LogP contribution < -0.4 is 5.32 Å². The molecule has 0 bridgehead atoms. The lowest BCUT2D eigenvalue weighted by molar-refractivity contribution is 0.527. The molecule has 0 saturated heterocycles. The molecule has 1 N–H and O–H groups in total. The molecule has 0 aliphatic heterocycles. The molecule has 0 fully saturated rings. The summed E-state index contributed by atoms with van der Waals surface area (Å²) >= 11 is 0. The molecule has 15 heavy (non-hydrogen) atoms. The number of benzene rings is 1. The van der Waals surface area contributed by atoms with E-state index in [1.807, 2.05) is 18.2 Å². The third-order valence-corrected chi connectivity index (χ3v) is 2.38. The Balaban J connectivity index is 2.24. The zero-order valence-electron chi connectivity index (χ0n) is 9.24. The van der Waals surface area contributed by atoms with Crippen molar-refractivity contribution in [2.24, 2.45) is 5.92 Å². The quantitative estimate of drug-likeness (QED) is 0.770. The van der Waals surface area contributed by atoms with Crippen molar-refractivity contribution < 1.29 is 0 Å². The first-order chi connectivity index (χ1) is 7.36. The van der Waals surface area contributed by atoms with E-state index in [4.69, 9.17) is 5.26 Å². The van der Waals surface area contributed by atoms with Crippen molar-refractivity contribution in [3.63, 3.8) is 0 Å². The molecule has 0 saturated carbocycles. The van der Waals surface area contributed by atoms with Gasteiger partial charge in [-0.2, -0.15) is 5.26 Å². The predicted octanol–water partition coefficient (Wildman–Crippen LogP) is 2.72. The van der Waals surface area contributed by atoms with E-state index in [2.05, 4.69) is 30.4 Å². The molecule has 0 aromatic heterocycles. The first-order valence-corrected chi connectivity index (χ1v) is 5.51. The Hall–Kier alpha value is -1.33. The molecule has 1 aromatic rings. The van der Waals surface area contributed by atoms with Crippen molar-refractivity contribution in [1.29, 1.82) is 5.26 Å². The van der Waals surface area contributed by atoms with Gasteiger partial charge in [-0.3, -0.25) is 0 Å². The lowest BCUT2D eigenvalue weighted by Crippen LogP contribution is -2.21. The fraction of sp³-hybridized carbons (Fsp3) is 0.462. The monoisotopic (exact) mass is 202 g/mol. The molecule has 2 heteroatoms. The summed E-state index contributed by atoms with van der Waals surface area (Å²) in [4.78, 5) is 0. The van der Waals surface area contributed by atoms with Crippen LogP contribution in [0.2, 0.25) is 0 Å². The minimum absolute atomic E-state index is 0.152.